The van der Waals surface area contributed by atoms with Gasteiger partial charge in [-0.25, -0.2) is 4.98 Å². The summed E-state index contributed by atoms with van der Waals surface area (Å²) in [5.74, 6) is 1.41. The maximum atomic E-state index is 13.0. The predicted molar refractivity (Wildman–Crippen MR) is 122 cm³/mol. The minimum Gasteiger partial charge on any atom is -0.486 e. The number of nitrogens with zero attached hydrogens (tertiary/aromatic N) is 2. The first-order valence-electron chi connectivity index (χ1n) is 11.1. The molecule has 1 fully saturated rings. The third-order valence-corrected chi connectivity index (χ3v) is 7.12. The van der Waals surface area contributed by atoms with E-state index in [2.05, 4.69) is 9.88 Å². The fourth-order valence-corrected chi connectivity index (χ4v) is 5.15. The summed E-state index contributed by atoms with van der Waals surface area (Å²) in [4.78, 5) is 19.9. The lowest BCUT2D eigenvalue weighted by molar-refractivity contribution is -0.137. The Bertz CT molecular complexity index is 1170. The molecule has 1 saturated heterocycles. The van der Waals surface area contributed by atoms with Gasteiger partial charge in [-0.15, -0.1) is 11.3 Å². The van der Waals surface area contributed by atoms with Gasteiger partial charge in [-0.05, 0) is 56.3 Å². The van der Waals surface area contributed by atoms with Crippen molar-refractivity contribution in [3.63, 3.8) is 0 Å². The molecule has 0 amide bonds. The highest BCUT2D eigenvalue weighted by Gasteiger charge is 2.30. The number of likely N-dealkylation sites (tertiary alicyclic amines) is 1. The van der Waals surface area contributed by atoms with Gasteiger partial charge in [0, 0.05) is 29.0 Å². The number of alkyl halides is 3. The lowest BCUT2D eigenvalue weighted by Crippen LogP contribution is -2.36. The lowest BCUT2D eigenvalue weighted by Gasteiger charge is -2.30. The minimum atomic E-state index is -4.35. The van der Waals surface area contributed by atoms with Gasteiger partial charge in [-0.2, -0.15) is 13.2 Å². The Morgan fingerprint density at radius 3 is 2.44 bits per heavy atom. The van der Waals surface area contributed by atoms with Crippen LogP contribution in [0.3, 0.4) is 0 Å². The Morgan fingerprint density at radius 2 is 1.74 bits per heavy atom. The maximum absolute atomic E-state index is 13.0. The normalized spacial score (nSPS) is 17.0. The fraction of sp³-hybridized carbons (Fsp3) is 0.360. The molecule has 2 aromatic carbocycles. The molecule has 0 saturated carbocycles. The molecule has 0 atom stereocenters. The van der Waals surface area contributed by atoms with Crippen LogP contribution in [0.25, 0.3) is 10.6 Å². The van der Waals surface area contributed by atoms with E-state index < -0.39 is 11.7 Å². The number of hydrogen-bond acceptors (Lipinski definition) is 6. The Labute approximate surface area is 199 Å². The second-order valence-electron chi connectivity index (χ2n) is 8.49. The van der Waals surface area contributed by atoms with Crippen LogP contribution < -0.4 is 9.47 Å². The fourth-order valence-electron chi connectivity index (χ4n) is 4.33. The van der Waals surface area contributed by atoms with Gasteiger partial charge in [0.25, 0.3) is 0 Å². The van der Waals surface area contributed by atoms with Crippen LogP contribution in [0.15, 0.2) is 47.8 Å². The largest absolute Gasteiger partial charge is 0.486 e. The van der Waals surface area contributed by atoms with Gasteiger partial charge in [-0.1, -0.05) is 12.1 Å². The first-order chi connectivity index (χ1) is 16.4. The van der Waals surface area contributed by atoms with E-state index in [1.807, 2.05) is 5.38 Å². The first-order valence-corrected chi connectivity index (χ1v) is 12.0. The van der Waals surface area contributed by atoms with Crippen LogP contribution in [0.4, 0.5) is 13.2 Å². The van der Waals surface area contributed by atoms with Crippen LogP contribution in [-0.2, 0) is 12.7 Å². The highest BCUT2D eigenvalue weighted by atomic mass is 32.1. The first kappa shape index (κ1) is 22.9. The van der Waals surface area contributed by atoms with Gasteiger partial charge < -0.3 is 9.47 Å². The Kier molecular flexibility index (Phi) is 6.31. The highest BCUT2D eigenvalue weighted by Crippen LogP contribution is 2.34. The van der Waals surface area contributed by atoms with Crippen molar-refractivity contribution in [2.45, 2.75) is 25.6 Å². The monoisotopic (exact) mass is 488 g/mol. The maximum Gasteiger partial charge on any atom is 0.416 e. The molecule has 178 valence electrons. The van der Waals surface area contributed by atoms with E-state index >= 15 is 0 Å². The van der Waals surface area contributed by atoms with E-state index in [1.54, 1.807) is 18.2 Å². The number of thiazole rings is 1. The molecule has 5 nitrogen and oxygen atoms in total. The van der Waals surface area contributed by atoms with E-state index in [9.17, 15) is 18.0 Å². The Hall–Kier alpha value is -2.91. The molecule has 9 heteroatoms. The smallest absolute Gasteiger partial charge is 0.416 e. The number of rotatable bonds is 5. The van der Waals surface area contributed by atoms with Crippen molar-refractivity contribution < 1.29 is 27.4 Å². The number of hydrogen-bond donors (Lipinski definition) is 0. The molecular formula is C25H23F3N2O3S. The van der Waals surface area contributed by atoms with Crippen LogP contribution in [0.5, 0.6) is 11.5 Å². The van der Waals surface area contributed by atoms with Crippen LogP contribution in [0.1, 0.15) is 34.5 Å². The van der Waals surface area contributed by atoms with Crippen molar-refractivity contribution in [3.8, 4) is 22.1 Å². The summed E-state index contributed by atoms with van der Waals surface area (Å²) < 4.78 is 49.5. The number of carbonyl (C=O) groups is 1. The van der Waals surface area contributed by atoms with Gasteiger partial charge in [0.1, 0.15) is 18.2 Å². The van der Waals surface area contributed by atoms with Gasteiger partial charge in [0.2, 0.25) is 0 Å². The van der Waals surface area contributed by atoms with Crippen LogP contribution in [0.2, 0.25) is 0 Å². The molecule has 5 rings (SSSR count). The zero-order chi connectivity index (χ0) is 23.7. The van der Waals surface area contributed by atoms with Crippen molar-refractivity contribution in [1.82, 2.24) is 9.88 Å². The number of piperidine rings is 1. The third kappa shape index (κ3) is 4.95. The van der Waals surface area contributed by atoms with Crippen molar-refractivity contribution in [1.29, 1.82) is 0 Å². The summed E-state index contributed by atoms with van der Waals surface area (Å²) in [6.07, 6.45) is -2.81. The van der Waals surface area contributed by atoms with Gasteiger partial charge >= 0.3 is 6.18 Å². The topological polar surface area (TPSA) is 51.7 Å². The second kappa shape index (κ2) is 9.38. The van der Waals surface area contributed by atoms with Crippen molar-refractivity contribution in [2.24, 2.45) is 5.92 Å². The van der Waals surface area contributed by atoms with E-state index in [4.69, 9.17) is 9.47 Å². The van der Waals surface area contributed by atoms with Crippen LogP contribution in [0, 0.1) is 5.92 Å². The standard InChI is InChI=1S/C25H23F3N2O3S/c26-25(27,28)19-4-1-17(2-5-19)24-29-20(15-34-24)14-30-9-7-16(8-10-30)23(31)18-3-6-21-22(13-18)33-12-11-32-21/h1-6,13,15-16H,7-12,14H2. The van der Waals surface area contributed by atoms with Crippen LogP contribution in [-0.4, -0.2) is 42.0 Å². The summed E-state index contributed by atoms with van der Waals surface area (Å²) in [5.41, 5.74) is 1.55. The van der Waals surface area contributed by atoms with Crippen LogP contribution >= 0.6 is 11.3 Å². The molecule has 1 aromatic heterocycles. The SMILES string of the molecule is O=C(c1ccc2c(c1)OCCO2)C1CCN(Cc2csc(-c3ccc(C(F)(F)F)cc3)n2)CC1. The molecule has 0 bridgehead atoms. The summed E-state index contributed by atoms with van der Waals surface area (Å²) in [6.45, 7) is 3.23. The molecule has 0 unspecified atom stereocenters. The average Bonchev–Trinajstić information content (AvgIpc) is 3.32. The number of fused-ring (bicyclic) bond motifs is 1. The molecule has 34 heavy (non-hydrogen) atoms. The van der Waals surface area contributed by atoms with Crippen molar-refractivity contribution >= 4 is 17.1 Å². The highest BCUT2D eigenvalue weighted by molar-refractivity contribution is 7.13. The summed E-state index contributed by atoms with van der Waals surface area (Å²) >= 11 is 1.42. The average molecular weight is 489 g/mol. The molecule has 0 N–H and O–H groups in total. The van der Waals surface area contributed by atoms with E-state index in [-0.39, 0.29) is 11.7 Å². The van der Waals surface area contributed by atoms with E-state index in [0.29, 0.717) is 47.4 Å². The summed E-state index contributed by atoms with van der Waals surface area (Å²) in [6, 6.07) is 10.5. The number of benzene rings is 2. The summed E-state index contributed by atoms with van der Waals surface area (Å²) in [5, 5.41) is 2.65. The second-order valence-corrected chi connectivity index (χ2v) is 9.35. The molecule has 3 aromatic rings. The van der Waals surface area contributed by atoms with Crippen molar-refractivity contribution in [2.75, 3.05) is 26.3 Å². The molecule has 2 aliphatic rings. The number of ether oxygens (including phenoxy) is 2. The van der Waals surface area contributed by atoms with E-state index in [1.165, 1.54) is 23.5 Å². The molecule has 0 radical (unpaired) electrons. The number of ketones is 1. The molecule has 2 aliphatic heterocycles. The van der Waals surface area contributed by atoms with Gasteiger partial charge in [-0.3, -0.25) is 9.69 Å². The van der Waals surface area contributed by atoms with Gasteiger partial charge in [0.05, 0.1) is 11.3 Å². The number of Topliss-reactive ketones (excluding diaryl/α,β-unsaturated/α-hetero) is 1. The summed E-state index contributed by atoms with van der Waals surface area (Å²) in [7, 11) is 0. The number of carbonyl (C=O) groups excluding carboxylic acids is 1. The Balaban J connectivity index is 1.16. The molecular weight excluding hydrogens is 465 g/mol. The zero-order valence-corrected chi connectivity index (χ0v) is 19.1. The minimum absolute atomic E-state index is 0.0306. The zero-order valence-electron chi connectivity index (χ0n) is 18.3. The van der Waals surface area contributed by atoms with E-state index in [0.717, 1.165) is 43.8 Å². The third-order valence-electron chi connectivity index (χ3n) is 6.18. The lowest BCUT2D eigenvalue weighted by atomic mass is 9.88. The van der Waals surface area contributed by atoms with Crippen molar-refractivity contribution in [3.05, 3.63) is 64.7 Å². The number of halogens is 3. The molecule has 0 aliphatic carbocycles. The Morgan fingerprint density at radius 1 is 1.03 bits per heavy atom. The van der Waals surface area contributed by atoms with Gasteiger partial charge in [0.15, 0.2) is 17.3 Å². The number of aromatic nitrogens is 1. The quantitative estimate of drug-likeness (QED) is 0.432. The molecule has 3 heterocycles. The molecule has 0 spiro atoms. The predicted octanol–water partition coefficient (Wildman–Crippen LogP) is 5.70.